The third kappa shape index (κ3) is 7.85. The minimum absolute atomic E-state index is 0.0272. The second-order valence-corrected chi connectivity index (χ2v) is 7.29. The van der Waals surface area contributed by atoms with Gasteiger partial charge in [0.25, 0.3) is 0 Å². The zero-order chi connectivity index (χ0) is 25.5. The fraction of sp³-hybridized carbons (Fsp3) is 0.259. The first-order valence-corrected chi connectivity index (χ1v) is 11.6. The highest BCUT2D eigenvalue weighted by Crippen LogP contribution is 2.40. The Morgan fingerprint density at radius 3 is 1.88 bits per heavy atom. The summed E-state index contributed by atoms with van der Waals surface area (Å²) in [6.07, 6.45) is 11.3. The molecule has 2 aromatic carbocycles. The van der Waals surface area contributed by atoms with Gasteiger partial charge in [-0.05, 0) is 60.3 Å². The van der Waals surface area contributed by atoms with Crippen LogP contribution < -0.4 is 23.7 Å². The number of methoxy groups -OCH3 is 4. The zero-order valence-electron chi connectivity index (χ0n) is 21.0. The first kappa shape index (κ1) is 28.6. The Balaban J connectivity index is 0.00000281. The minimum atomic E-state index is 0.0272. The summed E-state index contributed by atoms with van der Waals surface area (Å²) in [4.78, 5) is 0.903. The average Bonchev–Trinajstić information content (AvgIpc) is 2.88. The van der Waals surface area contributed by atoms with Crippen molar-refractivity contribution in [2.45, 2.75) is 20.8 Å². The fourth-order valence-electron chi connectivity index (χ4n) is 2.80. The molecule has 0 saturated heterocycles. The number of nitrogens with one attached hydrogen (secondary N) is 1. The quantitative estimate of drug-likeness (QED) is 0.149. The lowest BCUT2D eigenvalue weighted by atomic mass is 10.1. The van der Waals surface area contributed by atoms with Crippen molar-refractivity contribution >= 4 is 29.8 Å². The van der Waals surface area contributed by atoms with E-state index in [1.54, 1.807) is 33.5 Å². The van der Waals surface area contributed by atoms with Crippen molar-refractivity contribution in [1.29, 1.82) is 0 Å². The van der Waals surface area contributed by atoms with Crippen LogP contribution in [0.15, 0.2) is 60.1 Å². The van der Waals surface area contributed by atoms with E-state index in [2.05, 4.69) is 11.3 Å². The summed E-state index contributed by atoms with van der Waals surface area (Å²) in [6.45, 7) is 9.75. The summed E-state index contributed by atoms with van der Waals surface area (Å²) in [7, 11) is 6.23. The standard InChI is InChI=1S/C25H29NO5S.C2H6/c1-7-9-10-19(8-2)32-26-20-13-17(14-21(28-3)24(20)27)11-12-18-15-22(29-4)25(31-6)23(16-18)30-5;1-2/h7-16,26-27H,2H2,1,3-6H3;1-2H3/b9-7-,12-11-,19-10+;. The lowest BCUT2D eigenvalue weighted by Crippen LogP contribution is -1.95. The van der Waals surface area contributed by atoms with E-state index < -0.39 is 0 Å². The highest BCUT2D eigenvalue weighted by Gasteiger charge is 2.13. The van der Waals surface area contributed by atoms with E-state index in [0.29, 0.717) is 28.7 Å². The summed E-state index contributed by atoms with van der Waals surface area (Å²) < 4.78 is 24.7. The number of hydrogen-bond donors (Lipinski definition) is 2. The molecule has 2 rings (SSSR count). The molecule has 0 heterocycles. The molecule has 34 heavy (non-hydrogen) atoms. The number of allylic oxidation sites excluding steroid dienone is 4. The van der Waals surface area contributed by atoms with Gasteiger partial charge in [0.05, 0.1) is 34.1 Å². The van der Waals surface area contributed by atoms with Crippen LogP contribution in [0, 0.1) is 0 Å². The highest BCUT2D eigenvalue weighted by molar-refractivity contribution is 8.04. The molecule has 0 aliphatic carbocycles. The molecular weight excluding hydrogens is 450 g/mol. The number of anilines is 1. The van der Waals surface area contributed by atoms with Gasteiger partial charge >= 0.3 is 0 Å². The molecule has 0 aliphatic rings. The molecule has 0 unspecified atom stereocenters. The number of ether oxygens (including phenoxy) is 4. The van der Waals surface area contributed by atoms with Crippen molar-refractivity contribution in [1.82, 2.24) is 0 Å². The van der Waals surface area contributed by atoms with Gasteiger partial charge in [0.15, 0.2) is 23.0 Å². The highest BCUT2D eigenvalue weighted by atomic mass is 32.2. The van der Waals surface area contributed by atoms with E-state index >= 15 is 0 Å². The monoisotopic (exact) mass is 485 g/mol. The Morgan fingerprint density at radius 1 is 0.882 bits per heavy atom. The summed E-state index contributed by atoms with van der Waals surface area (Å²) in [6, 6.07) is 7.29. The number of phenols is 1. The Labute approximate surface area is 207 Å². The summed E-state index contributed by atoms with van der Waals surface area (Å²) in [5, 5.41) is 10.5. The molecule has 0 spiro atoms. The molecule has 0 amide bonds. The van der Waals surface area contributed by atoms with Crippen molar-refractivity contribution in [2.75, 3.05) is 33.2 Å². The molecule has 0 aromatic heterocycles. The molecule has 2 aromatic rings. The van der Waals surface area contributed by atoms with Crippen LogP contribution in [0.3, 0.4) is 0 Å². The van der Waals surface area contributed by atoms with Crippen LogP contribution in [0.25, 0.3) is 12.2 Å². The molecule has 184 valence electrons. The van der Waals surface area contributed by atoms with Gasteiger partial charge in [0.1, 0.15) is 0 Å². The number of benzene rings is 2. The Kier molecular flexibility index (Phi) is 12.9. The van der Waals surface area contributed by atoms with Crippen molar-refractivity contribution in [3.05, 3.63) is 71.2 Å². The maximum absolute atomic E-state index is 10.5. The lowest BCUT2D eigenvalue weighted by molar-refractivity contribution is 0.324. The van der Waals surface area contributed by atoms with Crippen molar-refractivity contribution < 1.29 is 24.1 Å². The molecule has 0 fully saturated rings. The minimum Gasteiger partial charge on any atom is -0.503 e. The maximum Gasteiger partial charge on any atom is 0.203 e. The van der Waals surface area contributed by atoms with Crippen LogP contribution in [-0.2, 0) is 0 Å². The van der Waals surface area contributed by atoms with Gasteiger partial charge in [-0.1, -0.05) is 50.8 Å². The maximum atomic E-state index is 10.5. The van der Waals surface area contributed by atoms with Gasteiger partial charge in [0.2, 0.25) is 5.75 Å². The molecule has 0 saturated carbocycles. The lowest BCUT2D eigenvalue weighted by Gasteiger charge is -2.13. The number of hydrogen-bond acceptors (Lipinski definition) is 7. The van der Waals surface area contributed by atoms with E-state index in [0.717, 1.165) is 16.0 Å². The normalized spacial score (nSPS) is 11.1. The van der Waals surface area contributed by atoms with Crippen LogP contribution >= 0.6 is 11.9 Å². The number of aromatic hydroxyl groups is 1. The Morgan fingerprint density at radius 2 is 1.41 bits per heavy atom. The molecule has 0 aliphatic heterocycles. The van der Waals surface area contributed by atoms with E-state index in [9.17, 15) is 5.11 Å². The number of rotatable bonds is 11. The predicted molar refractivity (Wildman–Crippen MR) is 145 cm³/mol. The third-order valence-electron chi connectivity index (χ3n) is 4.41. The molecule has 0 atom stereocenters. The Bertz CT molecular complexity index is 1000. The van der Waals surface area contributed by atoms with E-state index in [1.807, 2.05) is 69.4 Å². The number of phenolic OH excluding ortho intramolecular Hbond substituents is 1. The van der Waals surface area contributed by atoms with Gasteiger partial charge in [-0.3, -0.25) is 0 Å². The van der Waals surface area contributed by atoms with E-state index in [4.69, 9.17) is 18.9 Å². The van der Waals surface area contributed by atoms with Crippen LogP contribution in [0.1, 0.15) is 31.9 Å². The molecule has 7 heteroatoms. The molecule has 0 radical (unpaired) electrons. The largest absolute Gasteiger partial charge is 0.503 e. The van der Waals surface area contributed by atoms with E-state index in [1.165, 1.54) is 19.1 Å². The van der Waals surface area contributed by atoms with Gasteiger partial charge in [-0.2, -0.15) is 0 Å². The molecule has 6 nitrogen and oxygen atoms in total. The van der Waals surface area contributed by atoms with Crippen molar-refractivity contribution in [3.63, 3.8) is 0 Å². The first-order chi connectivity index (χ1) is 16.5. The van der Waals surface area contributed by atoms with Gasteiger partial charge < -0.3 is 28.8 Å². The van der Waals surface area contributed by atoms with Crippen LogP contribution in [-0.4, -0.2) is 33.5 Å². The smallest absolute Gasteiger partial charge is 0.203 e. The first-order valence-electron chi connectivity index (χ1n) is 10.8. The van der Waals surface area contributed by atoms with Gasteiger partial charge in [0, 0.05) is 4.91 Å². The molecular formula is C27H35NO5S. The van der Waals surface area contributed by atoms with Gasteiger partial charge in [-0.15, -0.1) is 0 Å². The molecule has 0 bridgehead atoms. The summed E-state index contributed by atoms with van der Waals surface area (Å²) in [5.74, 6) is 2.06. The van der Waals surface area contributed by atoms with Crippen LogP contribution in [0.5, 0.6) is 28.7 Å². The third-order valence-corrected chi connectivity index (χ3v) is 5.27. The van der Waals surface area contributed by atoms with Crippen LogP contribution in [0.4, 0.5) is 5.69 Å². The second-order valence-electron chi connectivity index (χ2n) is 6.41. The predicted octanol–water partition coefficient (Wildman–Crippen LogP) is 7.33. The molecule has 2 N–H and O–H groups in total. The van der Waals surface area contributed by atoms with E-state index in [-0.39, 0.29) is 5.75 Å². The Hall–Kier alpha value is -3.45. The average molecular weight is 486 g/mol. The summed E-state index contributed by atoms with van der Waals surface area (Å²) >= 11 is 1.34. The van der Waals surface area contributed by atoms with Crippen molar-refractivity contribution in [3.8, 4) is 28.7 Å². The van der Waals surface area contributed by atoms with Gasteiger partial charge in [-0.25, -0.2) is 0 Å². The zero-order valence-corrected chi connectivity index (χ0v) is 21.8. The topological polar surface area (TPSA) is 69.2 Å². The van der Waals surface area contributed by atoms with Crippen molar-refractivity contribution in [2.24, 2.45) is 0 Å². The van der Waals surface area contributed by atoms with Crippen LogP contribution in [0.2, 0.25) is 0 Å². The summed E-state index contributed by atoms with van der Waals surface area (Å²) in [5.41, 5.74) is 2.21. The SMILES string of the molecule is C=C/C(=C\C=C/C)SNc1cc(/C=C\c2cc(OC)c(OC)c(OC)c2)cc(OC)c1O.CC. The second kappa shape index (κ2) is 15.4. The fourth-order valence-corrected chi connectivity index (χ4v) is 3.41.